The molecule has 3 rings (SSSR count). The number of likely N-dealkylation sites (tertiary alicyclic amines) is 1. The first-order valence-corrected chi connectivity index (χ1v) is 10.3. The van der Waals surface area contributed by atoms with Crippen LogP contribution in [0.3, 0.4) is 0 Å². The first-order valence-electron chi connectivity index (χ1n) is 8.82. The number of hydrogen-bond acceptors (Lipinski definition) is 4. The SMILES string of the molecule is CC1CCCN(C(=O)c2ccc(S(=O)(=O)Nc3ccccc3C#N)cc2)C1. The van der Waals surface area contributed by atoms with Crippen molar-refractivity contribution in [2.45, 2.75) is 24.7 Å². The molecule has 140 valence electrons. The molecule has 0 bridgehead atoms. The molecule has 27 heavy (non-hydrogen) atoms. The number of sulfonamides is 1. The van der Waals surface area contributed by atoms with Crippen molar-refractivity contribution in [3.63, 3.8) is 0 Å². The van der Waals surface area contributed by atoms with Crippen LogP contribution in [-0.4, -0.2) is 32.3 Å². The Morgan fingerprint density at radius 1 is 1.19 bits per heavy atom. The second-order valence-corrected chi connectivity index (χ2v) is 8.47. The van der Waals surface area contributed by atoms with Gasteiger partial charge in [0.2, 0.25) is 0 Å². The van der Waals surface area contributed by atoms with E-state index in [-0.39, 0.29) is 22.1 Å². The number of carbonyl (C=O) groups is 1. The van der Waals surface area contributed by atoms with Crippen molar-refractivity contribution < 1.29 is 13.2 Å². The molecule has 1 amide bonds. The third-order valence-corrected chi connectivity index (χ3v) is 6.03. The lowest BCUT2D eigenvalue weighted by molar-refractivity contribution is 0.0683. The number of nitrogens with zero attached hydrogens (tertiary/aromatic N) is 2. The second kappa shape index (κ2) is 7.80. The highest BCUT2D eigenvalue weighted by Crippen LogP contribution is 2.21. The van der Waals surface area contributed by atoms with E-state index in [1.807, 2.05) is 11.0 Å². The van der Waals surface area contributed by atoms with Gasteiger partial charge in [-0.05, 0) is 55.2 Å². The third-order valence-electron chi connectivity index (χ3n) is 4.65. The van der Waals surface area contributed by atoms with E-state index < -0.39 is 10.0 Å². The van der Waals surface area contributed by atoms with Crippen LogP contribution in [0.25, 0.3) is 0 Å². The summed E-state index contributed by atoms with van der Waals surface area (Å²) >= 11 is 0. The molecule has 0 aliphatic carbocycles. The van der Waals surface area contributed by atoms with Crippen LogP contribution in [0.2, 0.25) is 0 Å². The van der Waals surface area contributed by atoms with Crippen LogP contribution >= 0.6 is 0 Å². The van der Waals surface area contributed by atoms with E-state index in [1.165, 1.54) is 30.3 Å². The molecule has 0 radical (unpaired) electrons. The highest BCUT2D eigenvalue weighted by Gasteiger charge is 2.23. The molecule has 1 N–H and O–H groups in total. The van der Waals surface area contributed by atoms with Crippen molar-refractivity contribution in [2.75, 3.05) is 17.8 Å². The van der Waals surface area contributed by atoms with Crippen molar-refractivity contribution >= 4 is 21.6 Å². The summed E-state index contributed by atoms with van der Waals surface area (Å²) in [6.07, 6.45) is 2.11. The zero-order valence-corrected chi connectivity index (χ0v) is 15.9. The minimum atomic E-state index is -3.85. The highest BCUT2D eigenvalue weighted by molar-refractivity contribution is 7.92. The zero-order valence-electron chi connectivity index (χ0n) is 15.1. The number of carbonyl (C=O) groups excluding carboxylic acids is 1. The normalized spacial score (nSPS) is 17.2. The quantitative estimate of drug-likeness (QED) is 0.878. The Hall–Kier alpha value is -2.85. The van der Waals surface area contributed by atoms with Crippen LogP contribution < -0.4 is 4.72 Å². The number of para-hydroxylation sites is 1. The number of benzene rings is 2. The molecule has 6 nitrogen and oxygen atoms in total. The second-order valence-electron chi connectivity index (χ2n) is 6.79. The predicted octanol–water partition coefficient (Wildman–Crippen LogP) is 3.23. The van der Waals surface area contributed by atoms with Crippen LogP contribution in [0.1, 0.15) is 35.7 Å². The zero-order chi connectivity index (χ0) is 19.4. The molecule has 0 spiro atoms. The Kier molecular flexibility index (Phi) is 5.47. The summed E-state index contributed by atoms with van der Waals surface area (Å²) in [6, 6.07) is 14.2. The summed E-state index contributed by atoms with van der Waals surface area (Å²) in [4.78, 5) is 14.5. The minimum absolute atomic E-state index is 0.0406. The van der Waals surface area contributed by atoms with Gasteiger partial charge in [-0.15, -0.1) is 0 Å². The van der Waals surface area contributed by atoms with Crippen molar-refractivity contribution in [3.05, 3.63) is 59.7 Å². The molecule has 0 saturated carbocycles. The Morgan fingerprint density at radius 3 is 2.56 bits per heavy atom. The fourth-order valence-corrected chi connectivity index (χ4v) is 4.29. The van der Waals surface area contributed by atoms with Crippen LogP contribution in [0, 0.1) is 17.2 Å². The third kappa shape index (κ3) is 4.29. The van der Waals surface area contributed by atoms with E-state index >= 15 is 0 Å². The van der Waals surface area contributed by atoms with Crippen LogP contribution in [0.5, 0.6) is 0 Å². The number of amides is 1. The molecule has 1 heterocycles. The number of anilines is 1. The fourth-order valence-electron chi connectivity index (χ4n) is 3.21. The van der Waals surface area contributed by atoms with Crippen molar-refractivity contribution in [1.82, 2.24) is 4.90 Å². The van der Waals surface area contributed by atoms with Gasteiger partial charge in [0.05, 0.1) is 16.1 Å². The smallest absolute Gasteiger partial charge is 0.261 e. The number of hydrogen-bond donors (Lipinski definition) is 1. The summed E-state index contributed by atoms with van der Waals surface area (Å²) in [5.41, 5.74) is 0.940. The molecule has 1 fully saturated rings. The molecule has 1 aliphatic heterocycles. The van der Waals surface area contributed by atoms with E-state index in [1.54, 1.807) is 18.2 Å². The van der Waals surface area contributed by atoms with E-state index in [2.05, 4.69) is 11.6 Å². The van der Waals surface area contributed by atoms with Gasteiger partial charge in [-0.2, -0.15) is 5.26 Å². The Labute approximate surface area is 159 Å². The summed E-state index contributed by atoms with van der Waals surface area (Å²) in [5.74, 6) is 0.403. The van der Waals surface area contributed by atoms with Gasteiger partial charge >= 0.3 is 0 Å². The number of rotatable bonds is 4. The topological polar surface area (TPSA) is 90.3 Å². The Balaban J connectivity index is 1.78. The van der Waals surface area contributed by atoms with E-state index in [4.69, 9.17) is 5.26 Å². The summed E-state index contributed by atoms with van der Waals surface area (Å²) in [7, 11) is -3.85. The summed E-state index contributed by atoms with van der Waals surface area (Å²) in [6.45, 7) is 3.58. The molecule has 1 saturated heterocycles. The molecule has 1 atom stereocenters. The minimum Gasteiger partial charge on any atom is -0.338 e. The summed E-state index contributed by atoms with van der Waals surface area (Å²) < 4.78 is 27.6. The summed E-state index contributed by atoms with van der Waals surface area (Å²) in [5, 5.41) is 9.10. The lowest BCUT2D eigenvalue weighted by Gasteiger charge is -2.31. The number of piperidine rings is 1. The number of nitriles is 1. The van der Waals surface area contributed by atoms with Gasteiger partial charge in [0, 0.05) is 18.7 Å². The van der Waals surface area contributed by atoms with Crippen molar-refractivity contribution in [1.29, 1.82) is 5.26 Å². The van der Waals surface area contributed by atoms with Crippen molar-refractivity contribution in [2.24, 2.45) is 5.92 Å². The van der Waals surface area contributed by atoms with E-state index in [9.17, 15) is 13.2 Å². The maximum atomic E-state index is 12.6. The first-order chi connectivity index (χ1) is 12.9. The van der Waals surface area contributed by atoms with E-state index in [0.717, 1.165) is 25.9 Å². The lowest BCUT2D eigenvalue weighted by Crippen LogP contribution is -2.39. The van der Waals surface area contributed by atoms with Crippen LogP contribution in [0.4, 0.5) is 5.69 Å². The molecule has 2 aromatic rings. The van der Waals surface area contributed by atoms with Gasteiger partial charge in [-0.25, -0.2) is 8.42 Å². The largest absolute Gasteiger partial charge is 0.338 e. The molecule has 1 aliphatic rings. The van der Waals surface area contributed by atoms with Gasteiger partial charge in [-0.3, -0.25) is 9.52 Å². The average molecular weight is 383 g/mol. The molecule has 1 unspecified atom stereocenters. The maximum Gasteiger partial charge on any atom is 0.261 e. The van der Waals surface area contributed by atoms with Gasteiger partial charge in [-0.1, -0.05) is 19.1 Å². The lowest BCUT2D eigenvalue weighted by atomic mass is 9.99. The first kappa shape index (κ1) is 18.9. The van der Waals surface area contributed by atoms with Gasteiger partial charge in [0.25, 0.3) is 15.9 Å². The van der Waals surface area contributed by atoms with Crippen molar-refractivity contribution in [3.8, 4) is 6.07 Å². The molecule has 7 heteroatoms. The Morgan fingerprint density at radius 2 is 1.89 bits per heavy atom. The van der Waals surface area contributed by atoms with Crippen LogP contribution in [0.15, 0.2) is 53.4 Å². The van der Waals surface area contributed by atoms with Gasteiger partial charge < -0.3 is 4.90 Å². The molecular formula is C20H21N3O3S. The maximum absolute atomic E-state index is 12.6. The molecule has 0 aromatic heterocycles. The van der Waals surface area contributed by atoms with Gasteiger partial charge in [0.15, 0.2) is 0 Å². The highest BCUT2D eigenvalue weighted by atomic mass is 32.2. The predicted molar refractivity (Wildman–Crippen MR) is 103 cm³/mol. The molecular weight excluding hydrogens is 362 g/mol. The Bertz CT molecular complexity index is 978. The van der Waals surface area contributed by atoms with Gasteiger partial charge in [0.1, 0.15) is 6.07 Å². The number of nitrogens with one attached hydrogen (secondary N) is 1. The molecule has 2 aromatic carbocycles. The van der Waals surface area contributed by atoms with E-state index in [0.29, 0.717) is 11.5 Å². The average Bonchev–Trinajstić information content (AvgIpc) is 2.67. The standard InChI is InChI=1S/C20H21N3O3S/c1-15-5-4-12-23(14-15)20(24)16-8-10-18(11-9-16)27(25,26)22-19-7-3-2-6-17(19)13-21/h2-3,6-11,15,22H,4-5,12,14H2,1H3. The fraction of sp³-hybridized carbons (Fsp3) is 0.300. The monoisotopic (exact) mass is 383 g/mol. The van der Waals surface area contributed by atoms with Crippen LogP contribution in [-0.2, 0) is 10.0 Å².